The molecule has 0 bridgehead atoms. The molecule has 2 heterocycles. The number of anilines is 1. The SMILES string of the molecule is Cc1cc(N2CCCOCC2)c(/C(N)=N/O)c(C)n1. The van der Waals surface area contributed by atoms with E-state index in [1.165, 1.54) is 0 Å². The molecule has 1 fully saturated rings. The van der Waals surface area contributed by atoms with Crippen molar-refractivity contribution in [3.63, 3.8) is 0 Å². The van der Waals surface area contributed by atoms with Crippen molar-refractivity contribution in [2.24, 2.45) is 10.9 Å². The van der Waals surface area contributed by atoms with E-state index in [0.717, 1.165) is 43.2 Å². The van der Waals surface area contributed by atoms with Crippen LogP contribution in [0.4, 0.5) is 5.69 Å². The molecule has 2 rings (SSSR count). The first-order chi connectivity index (χ1) is 9.13. The first kappa shape index (κ1) is 13.6. The minimum Gasteiger partial charge on any atom is -0.409 e. The summed E-state index contributed by atoms with van der Waals surface area (Å²) in [5.41, 5.74) is 9.16. The van der Waals surface area contributed by atoms with Gasteiger partial charge in [-0.05, 0) is 26.3 Å². The summed E-state index contributed by atoms with van der Waals surface area (Å²) in [6, 6.07) is 1.98. The second-order valence-corrected chi connectivity index (χ2v) is 4.68. The molecule has 0 saturated carbocycles. The van der Waals surface area contributed by atoms with Gasteiger partial charge in [0.05, 0.1) is 23.6 Å². The quantitative estimate of drug-likeness (QED) is 0.360. The van der Waals surface area contributed by atoms with E-state index in [-0.39, 0.29) is 5.84 Å². The Morgan fingerprint density at radius 1 is 1.42 bits per heavy atom. The second-order valence-electron chi connectivity index (χ2n) is 4.68. The first-order valence-electron chi connectivity index (χ1n) is 6.42. The van der Waals surface area contributed by atoms with Crippen LogP contribution in [0.5, 0.6) is 0 Å². The standard InChI is InChI=1S/C13H20N4O2/c1-9-8-11(17-4-3-6-19-7-5-17)12(10(2)15-9)13(14)16-18/h8,18H,3-7H2,1-2H3,(H2,14,16). The molecule has 3 N–H and O–H groups in total. The van der Waals surface area contributed by atoms with Crippen LogP contribution < -0.4 is 10.6 Å². The molecule has 0 unspecified atom stereocenters. The van der Waals surface area contributed by atoms with E-state index in [9.17, 15) is 0 Å². The molecule has 1 aromatic heterocycles. The normalized spacial score (nSPS) is 17.4. The maximum Gasteiger partial charge on any atom is 0.174 e. The van der Waals surface area contributed by atoms with Crippen LogP contribution in [0.15, 0.2) is 11.2 Å². The van der Waals surface area contributed by atoms with Gasteiger partial charge in [-0.2, -0.15) is 0 Å². The van der Waals surface area contributed by atoms with Crippen molar-refractivity contribution in [2.75, 3.05) is 31.2 Å². The fourth-order valence-corrected chi connectivity index (χ4v) is 2.41. The Balaban J connectivity index is 2.47. The van der Waals surface area contributed by atoms with E-state index in [1.54, 1.807) is 0 Å². The molecule has 104 valence electrons. The number of nitrogens with zero attached hydrogens (tertiary/aromatic N) is 3. The van der Waals surface area contributed by atoms with Gasteiger partial charge in [-0.1, -0.05) is 5.16 Å². The average Bonchev–Trinajstić information content (AvgIpc) is 2.65. The van der Waals surface area contributed by atoms with Gasteiger partial charge in [0.2, 0.25) is 0 Å². The van der Waals surface area contributed by atoms with Gasteiger partial charge in [0.15, 0.2) is 5.84 Å². The lowest BCUT2D eigenvalue weighted by Gasteiger charge is -2.25. The largest absolute Gasteiger partial charge is 0.409 e. The minimum absolute atomic E-state index is 0.102. The average molecular weight is 264 g/mol. The van der Waals surface area contributed by atoms with Crippen LogP contribution in [0, 0.1) is 13.8 Å². The van der Waals surface area contributed by atoms with E-state index in [2.05, 4.69) is 15.0 Å². The number of aromatic nitrogens is 1. The number of hydrogen-bond donors (Lipinski definition) is 2. The maximum absolute atomic E-state index is 8.95. The lowest BCUT2D eigenvalue weighted by atomic mass is 10.1. The van der Waals surface area contributed by atoms with E-state index >= 15 is 0 Å². The number of rotatable bonds is 2. The summed E-state index contributed by atoms with van der Waals surface area (Å²) in [5.74, 6) is 0.102. The zero-order chi connectivity index (χ0) is 13.8. The number of ether oxygens (including phenoxy) is 1. The third-order valence-corrected chi connectivity index (χ3v) is 3.23. The van der Waals surface area contributed by atoms with Gasteiger partial charge < -0.3 is 20.6 Å². The van der Waals surface area contributed by atoms with Crippen molar-refractivity contribution >= 4 is 11.5 Å². The highest BCUT2D eigenvalue weighted by molar-refractivity contribution is 6.03. The van der Waals surface area contributed by atoms with Gasteiger partial charge in [-0.25, -0.2) is 0 Å². The number of oxime groups is 1. The molecule has 0 spiro atoms. The highest BCUT2D eigenvalue weighted by atomic mass is 16.5. The molecule has 19 heavy (non-hydrogen) atoms. The predicted octanol–water partition coefficient (Wildman–Crippen LogP) is 1.02. The summed E-state index contributed by atoms with van der Waals surface area (Å²) in [4.78, 5) is 6.60. The first-order valence-corrected chi connectivity index (χ1v) is 6.42. The third-order valence-electron chi connectivity index (χ3n) is 3.23. The van der Waals surface area contributed by atoms with Crippen molar-refractivity contribution in [3.05, 3.63) is 23.0 Å². The summed E-state index contributed by atoms with van der Waals surface area (Å²) in [5, 5.41) is 12.1. The molecule has 0 aliphatic carbocycles. The number of pyridine rings is 1. The van der Waals surface area contributed by atoms with Gasteiger partial charge in [0.1, 0.15) is 0 Å². The van der Waals surface area contributed by atoms with E-state index < -0.39 is 0 Å². The lowest BCUT2D eigenvalue weighted by molar-refractivity contribution is 0.152. The Morgan fingerprint density at radius 2 is 2.21 bits per heavy atom. The van der Waals surface area contributed by atoms with Crippen molar-refractivity contribution in [1.82, 2.24) is 4.98 Å². The Bertz CT molecular complexity index is 480. The predicted molar refractivity (Wildman–Crippen MR) is 73.9 cm³/mol. The molecule has 1 aromatic rings. The van der Waals surface area contributed by atoms with Crippen LogP contribution in [0.2, 0.25) is 0 Å². The summed E-state index contributed by atoms with van der Waals surface area (Å²) < 4.78 is 5.47. The monoisotopic (exact) mass is 264 g/mol. The van der Waals surface area contributed by atoms with E-state index in [0.29, 0.717) is 12.2 Å². The van der Waals surface area contributed by atoms with Crippen molar-refractivity contribution in [1.29, 1.82) is 0 Å². The molecule has 0 radical (unpaired) electrons. The molecule has 1 saturated heterocycles. The Labute approximate surface area is 112 Å². The van der Waals surface area contributed by atoms with E-state index in [4.69, 9.17) is 15.7 Å². The molecular formula is C13H20N4O2. The van der Waals surface area contributed by atoms with Crippen LogP contribution in [-0.4, -0.2) is 42.3 Å². The Morgan fingerprint density at radius 3 is 2.95 bits per heavy atom. The summed E-state index contributed by atoms with van der Waals surface area (Å²) in [6.45, 7) is 6.98. The second kappa shape index (κ2) is 5.88. The number of amidine groups is 1. The Hall–Kier alpha value is -1.82. The maximum atomic E-state index is 8.95. The van der Waals surface area contributed by atoms with Crippen LogP contribution >= 0.6 is 0 Å². The fraction of sp³-hybridized carbons (Fsp3) is 0.538. The van der Waals surface area contributed by atoms with Crippen molar-refractivity contribution in [3.8, 4) is 0 Å². The van der Waals surface area contributed by atoms with Crippen LogP contribution in [0.1, 0.15) is 23.4 Å². The molecule has 0 atom stereocenters. The molecular weight excluding hydrogens is 244 g/mol. The summed E-state index contributed by atoms with van der Waals surface area (Å²) >= 11 is 0. The molecule has 0 amide bonds. The van der Waals surface area contributed by atoms with Crippen LogP contribution in [0.3, 0.4) is 0 Å². The fourth-order valence-electron chi connectivity index (χ4n) is 2.41. The molecule has 6 nitrogen and oxygen atoms in total. The molecule has 6 heteroatoms. The highest BCUT2D eigenvalue weighted by Gasteiger charge is 2.19. The number of aryl methyl sites for hydroxylation is 2. The van der Waals surface area contributed by atoms with Crippen molar-refractivity contribution < 1.29 is 9.94 Å². The summed E-state index contributed by atoms with van der Waals surface area (Å²) in [7, 11) is 0. The molecule has 1 aliphatic heterocycles. The van der Waals surface area contributed by atoms with Gasteiger partial charge in [-0.15, -0.1) is 0 Å². The van der Waals surface area contributed by atoms with Gasteiger partial charge in [0, 0.05) is 25.4 Å². The van der Waals surface area contributed by atoms with Crippen LogP contribution in [-0.2, 0) is 4.74 Å². The molecule has 0 aromatic carbocycles. The number of hydrogen-bond acceptors (Lipinski definition) is 5. The zero-order valence-corrected chi connectivity index (χ0v) is 11.4. The smallest absolute Gasteiger partial charge is 0.174 e. The molecule has 1 aliphatic rings. The van der Waals surface area contributed by atoms with Gasteiger partial charge >= 0.3 is 0 Å². The topological polar surface area (TPSA) is 84.0 Å². The minimum atomic E-state index is 0.102. The Kier molecular flexibility index (Phi) is 4.21. The lowest BCUT2D eigenvalue weighted by Crippen LogP contribution is -2.30. The highest BCUT2D eigenvalue weighted by Crippen LogP contribution is 2.24. The number of nitrogens with two attached hydrogens (primary N) is 1. The summed E-state index contributed by atoms with van der Waals surface area (Å²) in [6.07, 6.45) is 0.968. The van der Waals surface area contributed by atoms with Crippen LogP contribution in [0.25, 0.3) is 0 Å². The van der Waals surface area contributed by atoms with Gasteiger partial charge in [0.25, 0.3) is 0 Å². The zero-order valence-electron chi connectivity index (χ0n) is 11.4. The van der Waals surface area contributed by atoms with E-state index in [1.807, 2.05) is 19.9 Å². The van der Waals surface area contributed by atoms with Gasteiger partial charge in [-0.3, -0.25) is 4.98 Å². The third kappa shape index (κ3) is 2.96. The van der Waals surface area contributed by atoms with Crippen molar-refractivity contribution in [2.45, 2.75) is 20.3 Å².